The molecule has 0 spiro atoms. The minimum absolute atomic E-state index is 0.241. The Labute approximate surface area is 115 Å². The fraction of sp³-hybridized carbons (Fsp3) is 0.857. The summed E-state index contributed by atoms with van der Waals surface area (Å²) < 4.78 is 0. The van der Waals surface area contributed by atoms with Gasteiger partial charge in [0.1, 0.15) is 5.82 Å². The Kier molecular flexibility index (Phi) is 3.73. The topological polar surface area (TPSA) is 70.8 Å². The molecule has 3 N–H and O–H groups in total. The minimum Gasteiger partial charge on any atom is -0.338 e. The van der Waals surface area contributed by atoms with E-state index in [0.717, 1.165) is 43.6 Å². The molecule has 1 aliphatic heterocycles. The number of hydrogen-bond acceptors (Lipinski definition) is 4. The van der Waals surface area contributed by atoms with Crippen LogP contribution in [0.1, 0.15) is 44.9 Å². The van der Waals surface area contributed by atoms with Crippen LogP contribution in [0.25, 0.3) is 0 Å². The van der Waals surface area contributed by atoms with Gasteiger partial charge >= 0.3 is 0 Å². The first kappa shape index (κ1) is 12.9. The number of nitrogens with one attached hydrogen (secondary N) is 1. The molecule has 2 aliphatic rings. The quantitative estimate of drug-likeness (QED) is 0.871. The smallest absolute Gasteiger partial charge is 0.244 e. The van der Waals surface area contributed by atoms with Gasteiger partial charge in [0.25, 0.3) is 0 Å². The molecule has 0 amide bonds. The average molecular weight is 263 g/mol. The molecule has 5 heteroatoms. The molecule has 1 saturated heterocycles. The first-order valence-electron chi connectivity index (χ1n) is 7.64. The van der Waals surface area contributed by atoms with Crippen molar-refractivity contribution in [2.24, 2.45) is 17.6 Å². The van der Waals surface area contributed by atoms with Gasteiger partial charge in [-0.1, -0.05) is 32.6 Å². The molecule has 19 heavy (non-hydrogen) atoms. The Morgan fingerprint density at radius 1 is 1.32 bits per heavy atom. The summed E-state index contributed by atoms with van der Waals surface area (Å²) in [6, 6.07) is 0.241. The first-order valence-corrected chi connectivity index (χ1v) is 7.64. The summed E-state index contributed by atoms with van der Waals surface area (Å²) in [5.41, 5.74) is 6.14. The number of nitrogens with zero attached hydrogens (tertiary/aromatic N) is 3. The number of anilines is 1. The Morgan fingerprint density at radius 3 is 2.84 bits per heavy atom. The highest BCUT2D eigenvalue weighted by Crippen LogP contribution is 2.27. The van der Waals surface area contributed by atoms with E-state index in [0.29, 0.717) is 5.92 Å². The fourth-order valence-corrected chi connectivity index (χ4v) is 3.29. The van der Waals surface area contributed by atoms with E-state index in [1.807, 2.05) is 0 Å². The summed E-state index contributed by atoms with van der Waals surface area (Å²) in [5.74, 6) is 3.31. The average Bonchev–Trinajstić information content (AvgIpc) is 3.05. The number of aromatic amines is 1. The number of rotatable bonds is 3. The van der Waals surface area contributed by atoms with Crippen LogP contribution in [-0.4, -0.2) is 34.3 Å². The van der Waals surface area contributed by atoms with Crippen LogP contribution in [-0.2, 0) is 6.42 Å². The van der Waals surface area contributed by atoms with Crippen LogP contribution in [0.5, 0.6) is 0 Å². The summed E-state index contributed by atoms with van der Waals surface area (Å²) in [6.07, 6.45) is 7.65. The highest BCUT2D eigenvalue weighted by molar-refractivity contribution is 5.30. The van der Waals surface area contributed by atoms with Crippen molar-refractivity contribution in [3.63, 3.8) is 0 Å². The molecule has 1 saturated carbocycles. The predicted molar refractivity (Wildman–Crippen MR) is 76.0 cm³/mol. The molecule has 1 aliphatic carbocycles. The highest BCUT2D eigenvalue weighted by atomic mass is 15.4. The molecule has 2 unspecified atom stereocenters. The second kappa shape index (κ2) is 5.49. The van der Waals surface area contributed by atoms with E-state index in [1.165, 1.54) is 25.7 Å². The van der Waals surface area contributed by atoms with Gasteiger partial charge in [-0.05, 0) is 18.3 Å². The normalized spacial score (nSPS) is 29.1. The second-order valence-corrected chi connectivity index (χ2v) is 6.31. The third-order valence-corrected chi connectivity index (χ3v) is 4.78. The zero-order valence-electron chi connectivity index (χ0n) is 11.8. The highest BCUT2D eigenvalue weighted by Gasteiger charge is 2.25. The maximum atomic E-state index is 6.14. The van der Waals surface area contributed by atoms with Gasteiger partial charge in [-0.25, -0.2) is 0 Å². The van der Waals surface area contributed by atoms with Gasteiger partial charge in [0, 0.05) is 25.6 Å². The van der Waals surface area contributed by atoms with Gasteiger partial charge in [0.05, 0.1) is 0 Å². The van der Waals surface area contributed by atoms with Crippen LogP contribution in [0, 0.1) is 11.8 Å². The SMILES string of the molecule is CC1CCN(c2n[nH]c(CC3CCCC3)n2)CC1N. The van der Waals surface area contributed by atoms with Crippen molar-refractivity contribution < 1.29 is 0 Å². The van der Waals surface area contributed by atoms with Crippen molar-refractivity contribution in [2.75, 3.05) is 18.0 Å². The largest absolute Gasteiger partial charge is 0.338 e. The summed E-state index contributed by atoms with van der Waals surface area (Å²) in [5, 5.41) is 7.49. The van der Waals surface area contributed by atoms with Crippen molar-refractivity contribution in [3.05, 3.63) is 5.82 Å². The summed E-state index contributed by atoms with van der Waals surface area (Å²) in [7, 11) is 0. The third kappa shape index (κ3) is 2.91. The zero-order chi connectivity index (χ0) is 13.2. The third-order valence-electron chi connectivity index (χ3n) is 4.78. The number of hydrogen-bond donors (Lipinski definition) is 2. The lowest BCUT2D eigenvalue weighted by Gasteiger charge is -2.34. The van der Waals surface area contributed by atoms with Gasteiger partial charge in [0.2, 0.25) is 5.95 Å². The van der Waals surface area contributed by atoms with E-state index in [1.54, 1.807) is 0 Å². The predicted octanol–water partition coefficient (Wildman–Crippen LogP) is 1.71. The van der Waals surface area contributed by atoms with Crippen LogP contribution in [0.15, 0.2) is 0 Å². The van der Waals surface area contributed by atoms with E-state index in [4.69, 9.17) is 5.73 Å². The summed E-state index contributed by atoms with van der Waals surface area (Å²) >= 11 is 0. The standard InChI is InChI=1S/C14H25N5/c1-10-6-7-19(9-12(10)15)14-16-13(17-18-14)8-11-4-2-3-5-11/h10-12H,2-9,15H2,1H3,(H,16,17,18). The summed E-state index contributed by atoms with van der Waals surface area (Å²) in [4.78, 5) is 6.88. The van der Waals surface area contributed by atoms with Gasteiger partial charge in [-0.3, -0.25) is 5.10 Å². The van der Waals surface area contributed by atoms with Crippen LogP contribution < -0.4 is 10.6 Å². The van der Waals surface area contributed by atoms with E-state index in [-0.39, 0.29) is 6.04 Å². The molecule has 0 aromatic carbocycles. The summed E-state index contributed by atoms with van der Waals surface area (Å²) in [6.45, 7) is 4.13. The van der Waals surface area contributed by atoms with Crippen molar-refractivity contribution in [2.45, 2.75) is 51.5 Å². The van der Waals surface area contributed by atoms with Gasteiger partial charge < -0.3 is 10.6 Å². The van der Waals surface area contributed by atoms with Crippen LogP contribution >= 0.6 is 0 Å². The number of nitrogens with two attached hydrogens (primary N) is 1. The van der Waals surface area contributed by atoms with Gasteiger partial charge in [-0.2, -0.15) is 4.98 Å². The van der Waals surface area contributed by atoms with E-state index in [9.17, 15) is 0 Å². The minimum atomic E-state index is 0.241. The van der Waals surface area contributed by atoms with Crippen molar-refractivity contribution in [3.8, 4) is 0 Å². The maximum Gasteiger partial charge on any atom is 0.244 e. The zero-order valence-corrected chi connectivity index (χ0v) is 11.8. The molecule has 3 rings (SSSR count). The molecular formula is C14H25N5. The van der Waals surface area contributed by atoms with Crippen molar-refractivity contribution >= 4 is 5.95 Å². The molecule has 106 valence electrons. The first-order chi connectivity index (χ1) is 9.22. The van der Waals surface area contributed by atoms with E-state index >= 15 is 0 Å². The number of H-pyrrole nitrogens is 1. The Balaban J connectivity index is 1.61. The Bertz CT molecular complexity index is 410. The second-order valence-electron chi connectivity index (χ2n) is 6.31. The molecule has 0 bridgehead atoms. The number of piperidine rings is 1. The van der Waals surface area contributed by atoms with E-state index < -0.39 is 0 Å². The monoisotopic (exact) mass is 263 g/mol. The Morgan fingerprint density at radius 2 is 2.11 bits per heavy atom. The maximum absolute atomic E-state index is 6.14. The number of aromatic nitrogens is 3. The molecule has 1 aromatic heterocycles. The molecule has 1 aromatic rings. The van der Waals surface area contributed by atoms with Gasteiger partial charge in [-0.15, -0.1) is 5.10 Å². The van der Waals surface area contributed by atoms with Crippen molar-refractivity contribution in [1.82, 2.24) is 15.2 Å². The van der Waals surface area contributed by atoms with E-state index in [2.05, 4.69) is 27.0 Å². The lowest BCUT2D eigenvalue weighted by atomic mass is 9.95. The molecule has 0 radical (unpaired) electrons. The molecule has 2 heterocycles. The van der Waals surface area contributed by atoms with Crippen LogP contribution in [0.2, 0.25) is 0 Å². The molecular weight excluding hydrogens is 238 g/mol. The fourth-order valence-electron chi connectivity index (χ4n) is 3.29. The lowest BCUT2D eigenvalue weighted by molar-refractivity contribution is 0.376. The molecule has 2 fully saturated rings. The molecule has 2 atom stereocenters. The van der Waals surface area contributed by atoms with Crippen LogP contribution in [0.4, 0.5) is 5.95 Å². The van der Waals surface area contributed by atoms with Gasteiger partial charge in [0.15, 0.2) is 0 Å². The molecule has 5 nitrogen and oxygen atoms in total. The lowest BCUT2D eigenvalue weighted by Crippen LogP contribution is -2.48. The Hall–Kier alpha value is -1.10. The van der Waals surface area contributed by atoms with Crippen LogP contribution in [0.3, 0.4) is 0 Å². The van der Waals surface area contributed by atoms with Crippen molar-refractivity contribution in [1.29, 1.82) is 0 Å².